The number of esters is 1. The molecule has 1 unspecified atom stereocenters. The van der Waals surface area contributed by atoms with E-state index in [1.807, 2.05) is 56.3 Å². The third-order valence-corrected chi connectivity index (χ3v) is 6.78. The van der Waals surface area contributed by atoms with Crippen LogP contribution >= 0.6 is 23.4 Å². The Morgan fingerprint density at radius 2 is 1.94 bits per heavy atom. The van der Waals surface area contributed by atoms with Gasteiger partial charge in [-0.3, -0.25) is 0 Å². The lowest BCUT2D eigenvalue weighted by Gasteiger charge is -2.28. The molecule has 0 spiro atoms. The number of nitrogens with one attached hydrogen (secondary N) is 1. The van der Waals surface area contributed by atoms with Crippen molar-refractivity contribution in [2.75, 3.05) is 26.1 Å². The molecule has 0 saturated carbocycles. The number of anilines is 1. The number of rotatable bonds is 9. The number of hydrogen-bond acceptors (Lipinski definition) is 8. The molecule has 0 fully saturated rings. The SMILES string of the molecule is CCCOC(=O)C1=C(C)Nc2nc(SCc3ccccc3Cl)nn2C1c1ccc(OC)c(OC)c1. The van der Waals surface area contributed by atoms with Gasteiger partial charge in [0.15, 0.2) is 11.5 Å². The number of carbonyl (C=O) groups excluding carboxylic acids is 1. The lowest BCUT2D eigenvalue weighted by molar-refractivity contribution is -0.139. The number of allylic oxidation sites excluding steroid dienone is 1. The first-order chi connectivity index (χ1) is 17.0. The summed E-state index contributed by atoms with van der Waals surface area (Å²) in [6.07, 6.45) is 0.726. The van der Waals surface area contributed by atoms with E-state index in [1.54, 1.807) is 18.9 Å². The molecule has 35 heavy (non-hydrogen) atoms. The number of methoxy groups -OCH3 is 2. The highest BCUT2D eigenvalue weighted by Crippen LogP contribution is 2.40. The average molecular weight is 515 g/mol. The summed E-state index contributed by atoms with van der Waals surface area (Å²) >= 11 is 7.78. The number of nitrogens with zero attached hydrogens (tertiary/aromatic N) is 3. The number of thioether (sulfide) groups is 1. The zero-order chi connectivity index (χ0) is 24.9. The van der Waals surface area contributed by atoms with Crippen molar-refractivity contribution in [1.29, 1.82) is 0 Å². The van der Waals surface area contributed by atoms with Crippen molar-refractivity contribution in [3.8, 4) is 11.5 Å². The zero-order valence-electron chi connectivity index (χ0n) is 20.0. The molecule has 8 nitrogen and oxygen atoms in total. The standard InChI is InChI=1S/C25H27ClN4O4S/c1-5-12-34-23(31)21-15(2)27-24-28-25(35-14-17-8-6-7-9-18(17)26)29-30(24)22(21)16-10-11-19(32-3)20(13-16)33-4/h6-11,13,22H,5,12,14H2,1-4H3,(H,27,28,29). The smallest absolute Gasteiger partial charge is 0.338 e. The maximum Gasteiger partial charge on any atom is 0.338 e. The van der Waals surface area contributed by atoms with Gasteiger partial charge >= 0.3 is 5.97 Å². The number of aromatic nitrogens is 3. The minimum atomic E-state index is -0.558. The highest BCUT2D eigenvalue weighted by molar-refractivity contribution is 7.98. The highest BCUT2D eigenvalue weighted by atomic mass is 35.5. The molecule has 4 rings (SSSR count). The summed E-state index contributed by atoms with van der Waals surface area (Å²) in [5.41, 5.74) is 2.91. The largest absolute Gasteiger partial charge is 0.493 e. The van der Waals surface area contributed by atoms with Crippen LogP contribution in [0.4, 0.5) is 5.95 Å². The van der Waals surface area contributed by atoms with Gasteiger partial charge in [-0.05, 0) is 42.7 Å². The van der Waals surface area contributed by atoms with E-state index in [9.17, 15) is 4.79 Å². The molecule has 10 heteroatoms. The van der Waals surface area contributed by atoms with Gasteiger partial charge < -0.3 is 19.5 Å². The molecule has 0 aliphatic carbocycles. The van der Waals surface area contributed by atoms with E-state index in [0.717, 1.165) is 17.5 Å². The van der Waals surface area contributed by atoms with E-state index in [0.29, 0.717) is 51.3 Å². The third-order valence-electron chi connectivity index (χ3n) is 5.53. The Morgan fingerprint density at radius 1 is 1.17 bits per heavy atom. The van der Waals surface area contributed by atoms with E-state index in [1.165, 1.54) is 11.8 Å². The summed E-state index contributed by atoms with van der Waals surface area (Å²) in [5, 5.41) is 9.23. The first kappa shape index (κ1) is 24.9. The van der Waals surface area contributed by atoms with Gasteiger partial charge in [0.2, 0.25) is 11.1 Å². The van der Waals surface area contributed by atoms with Crippen molar-refractivity contribution < 1.29 is 19.0 Å². The fraction of sp³-hybridized carbons (Fsp3) is 0.320. The Labute approximate surface area is 213 Å². The van der Waals surface area contributed by atoms with Gasteiger partial charge in [0.05, 0.1) is 26.4 Å². The highest BCUT2D eigenvalue weighted by Gasteiger charge is 2.35. The summed E-state index contributed by atoms with van der Waals surface area (Å²) in [6.45, 7) is 4.12. The van der Waals surface area contributed by atoms with E-state index in [4.69, 9.17) is 30.9 Å². The normalized spacial score (nSPS) is 14.8. The van der Waals surface area contributed by atoms with Gasteiger partial charge in [-0.1, -0.05) is 54.6 Å². The fourth-order valence-corrected chi connectivity index (χ4v) is 4.93. The first-order valence-electron chi connectivity index (χ1n) is 11.2. The van der Waals surface area contributed by atoms with Crippen molar-refractivity contribution in [1.82, 2.24) is 14.8 Å². The zero-order valence-corrected chi connectivity index (χ0v) is 21.6. The van der Waals surface area contributed by atoms with Crippen LogP contribution in [0.5, 0.6) is 11.5 Å². The predicted molar refractivity (Wildman–Crippen MR) is 136 cm³/mol. The van der Waals surface area contributed by atoms with Crippen molar-refractivity contribution >= 4 is 35.3 Å². The minimum absolute atomic E-state index is 0.331. The van der Waals surface area contributed by atoms with Crippen molar-refractivity contribution in [3.63, 3.8) is 0 Å². The van der Waals surface area contributed by atoms with Crippen LogP contribution in [0.25, 0.3) is 0 Å². The third kappa shape index (κ3) is 5.26. The maximum absolute atomic E-state index is 13.1. The van der Waals surface area contributed by atoms with E-state index in [-0.39, 0.29) is 0 Å². The first-order valence-corrected chi connectivity index (χ1v) is 12.5. The van der Waals surface area contributed by atoms with Gasteiger partial charge in [-0.15, -0.1) is 5.10 Å². The van der Waals surface area contributed by atoms with Gasteiger partial charge in [0, 0.05) is 16.5 Å². The summed E-state index contributed by atoms with van der Waals surface area (Å²) < 4.78 is 18.1. The van der Waals surface area contributed by atoms with Crippen LogP contribution < -0.4 is 14.8 Å². The average Bonchev–Trinajstić information content (AvgIpc) is 3.27. The molecule has 0 saturated heterocycles. The van der Waals surface area contributed by atoms with Crippen LogP contribution in [0, 0.1) is 0 Å². The Bertz CT molecular complexity index is 1260. The number of hydrogen-bond donors (Lipinski definition) is 1. The summed E-state index contributed by atoms with van der Waals surface area (Å²) in [4.78, 5) is 17.8. The van der Waals surface area contributed by atoms with Crippen molar-refractivity contribution in [3.05, 3.63) is 69.9 Å². The fourth-order valence-electron chi connectivity index (χ4n) is 3.82. The molecule has 2 heterocycles. The lowest BCUT2D eigenvalue weighted by Crippen LogP contribution is -2.29. The second-order valence-electron chi connectivity index (χ2n) is 7.86. The van der Waals surface area contributed by atoms with Crippen LogP contribution in [0.2, 0.25) is 5.02 Å². The van der Waals surface area contributed by atoms with Gasteiger partial charge in [-0.2, -0.15) is 4.98 Å². The molecule has 1 aliphatic rings. The molecule has 184 valence electrons. The monoisotopic (exact) mass is 514 g/mol. The summed E-state index contributed by atoms with van der Waals surface area (Å²) in [7, 11) is 3.16. The molecule has 3 aromatic rings. The van der Waals surface area contributed by atoms with Crippen LogP contribution in [-0.2, 0) is 15.3 Å². The predicted octanol–water partition coefficient (Wildman–Crippen LogP) is 5.48. The Balaban J connectivity index is 1.73. The van der Waals surface area contributed by atoms with Gasteiger partial charge in [0.25, 0.3) is 0 Å². The number of halogens is 1. The van der Waals surface area contributed by atoms with Crippen LogP contribution in [0.15, 0.2) is 58.9 Å². The van der Waals surface area contributed by atoms with Gasteiger partial charge in [-0.25, -0.2) is 9.48 Å². The van der Waals surface area contributed by atoms with Crippen LogP contribution in [0.1, 0.15) is 37.4 Å². The van der Waals surface area contributed by atoms with Crippen LogP contribution in [-0.4, -0.2) is 41.6 Å². The number of fused-ring (bicyclic) bond motifs is 1. The Kier molecular flexibility index (Phi) is 7.87. The van der Waals surface area contributed by atoms with Gasteiger partial charge in [0.1, 0.15) is 6.04 Å². The molecule has 0 bridgehead atoms. The molecule has 1 aliphatic heterocycles. The Hall–Kier alpha value is -3.17. The topological polar surface area (TPSA) is 87.5 Å². The molecular formula is C25H27ClN4O4S. The molecular weight excluding hydrogens is 488 g/mol. The van der Waals surface area contributed by atoms with E-state index in [2.05, 4.69) is 10.3 Å². The molecule has 1 N–H and O–H groups in total. The molecule has 1 aromatic heterocycles. The quantitative estimate of drug-likeness (QED) is 0.296. The van der Waals surface area contributed by atoms with E-state index >= 15 is 0 Å². The summed E-state index contributed by atoms with van der Waals surface area (Å²) in [6, 6.07) is 12.7. The lowest BCUT2D eigenvalue weighted by atomic mass is 9.95. The molecule has 0 amide bonds. The number of ether oxygens (including phenoxy) is 3. The minimum Gasteiger partial charge on any atom is -0.493 e. The Morgan fingerprint density at radius 3 is 2.66 bits per heavy atom. The molecule has 0 radical (unpaired) electrons. The van der Waals surface area contributed by atoms with Crippen LogP contribution in [0.3, 0.4) is 0 Å². The summed E-state index contributed by atoms with van der Waals surface area (Å²) in [5.74, 6) is 1.90. The second kappa shape index (κ2) is 11.0. The number of benzene rings is 2. The number of carbonyl (C=O) groups is 1. The molecule has 2 aromatic carbocycles. The molecule has 1 atom stereocenters. The van der Waals surface area contributed by atoms with E-state index < -0.39 is 12.0 Å². The van der Waals surface area contributed by atoms with Crippen molar-refractivity contribution in [2.45, 2.75) is 37.2 Å². The van der Waals surface area contributed by atoms with Crippen molar-refractivity contribution in [2.24, 2.45) is 0 Å². The maximum atomic E-state index is 13.1. The second-order valence-corrected chi connectivity index (χ2v) is 9.21.